The molecule has 0 aliphatic carbocycles. The summed E-state index contributed by atoms with van der Waals surface area (Å²) in [7, 11) is 0. The van der Waals surface area contributed by atoms with E-state index in [1.165, 1.54) is 12.1 Å². The van der Waals surface area contributed by atoms with Gasteiger partial charge in [0.1, 0.15) is 11.9 Å². The van der Waals surface area contributed by atoms with Gasteiger partial charge in [0.15, 0.2) is 5.82 Å². The van der Waals surface area contributed by atoms with Gasteiger partial charge in [-0.1, -0.05) is 0 Å². The third kappa shape index (κ3) is 2.37. The van der Waals surface area contributed by atoms with Crippen LogP contribution in [0.1, 0.15) is 36.6 Å². The maximum absolute atomic E-state index is 10.8. The molecule has 22 heavy (non-hydrogen) atoms. The van der Waals surface area contributed by atoms with Crippen molar-refractivity contribution in [3.8, 4) is 6.07 Å². The molecule has 8 heteroatoms. The summed E-state index contributed by atoms with van der Waals surface area (Å²) in [5.74, 6) is 1.79. The van der Waals surface area contributed by atoms with Crippen LogP contribution in [0.15, 0.2) is 18.2 Å². The summed E-state index contributed by atoms with van der Waals surface area (Å²) >= 11 is 0. The second kappa shape index (κ2) is 5.44. The van der Waals surface area contributed by atoms with Crippen molar-refractivity contribution in [2.24, 2.45) is 0 Å². The fourth-order valence-electron chi connectivity index (χ4n) is 2.66. The summed E-state index contributed by atoms with van der Waals surface area (Å²) < 4.78 is 2.08. The average molecular weight is 298 g/mol. The zero-order chi connectivity index (χ0) is 15.7. The quantitative estimate of drug-likeness (QED) is 0.684. The first-order chi connectivity index (χ1) is 10.6. The summed E-state index contributed by atoms with van der Waals surface area (Å²) in [6.07, 6.45) is 1.99. The number of nitro benzene ring substituents is 1. The van der Waals surface area contributed by atoms with Crippen LogP contribution in [0.25, 0.3) is 0 Å². The Morgan fingerprint density at radius 1 is 1.50 bits per heavy atom. The summed E-state index contributed by atoms with van der Waals surface area (Å²) in [6.45, 7) is 2.83. The number of fused-ring (bicyclic) bond motifs is 1. The van der Waals surface area contributed by atoms with Gasteiger partial charge < -0.3 is 9.88 Å². The van der Waals surface area contributed by atoms with E-state index in [2.05, 4.69) is 20.1 Å². The molecule has 1 aliphatic heterocycles. The Morgan fingerprint density at radius 3 is 3.05 bits per heavy atom. The first-order valence-corrected chi connectivity index (χ1v) is 6.97. The summed E-state index contributed by atoms with van der Waals surface area (Å²) in [6, 6.07) is 6.03. The number of hydrogen-bond acceptors (Lipinski definition) is 6. The SMILES string of the molecule is C[C@@H](Nc1ccc([N+](=O)[O-])cc1C#N)c1nnc2n1CCC2. The molecule has 3 rings (SSSR count). The minimum atomic E-state index is -0.514. The molecule has 0 saturated carbocycles. The molecule has 8 nitrogen and oxygen atoms in total. The topological polar surface area (TPSA) is 110 Å². The molecular formula is C14H14N6O2. The number of rotatable bonds is 4. The van der Waals surface area contributed by atoms with E-state index in [0.29, 0.717) is 5.69 Å². The van der Waals surface area contributed by atoms with Gasteiger partial charge >= 0.3 is 0 Å². The second-order valence-electron chi connectivity index (χ2n) is 5.19. The molecule has 0 radical (unpaired) electrons. The fourth-order valence-corrected chi connectivity index (χ4v) is 2.66. The van der Waals surface area contributed by atoms with Gasteiger partial charge in [0.25, 0.3) is 5.69 Å². The predicted octanol–water partition coefficient (Wildman–Crippen LogP) is 2.18. The Bertz CT molecular complexity index is 776. The highest BCUT2D eigenvalue weighted by Crippen LogP contribution is 2.26. The van der Waals surface area contributed by atoms with Crippen LogP contribution in [0, 0.1) is 21.4 Å². The van der Waals surface area contributed by atoms with E-state index in [-0.39, 0.29) is 17.3 Å². The van der Waals surface area contributed by atoms with Gasteiger partial charge in [-0.15, -0.1) is 10.2 Å². The van der Waals surface area contributed by atoms with E-state index in [9.17, 15) is 15.4 Å². The maximum atomic E-state index is 10.8. The Hall–Kier alpha value is -2.95. The average Bonchev–Trinajstić information content (AvgIpc) is 3.09. The molecule has 0 amide bonds. The van der Waals surface area contributed by atoms with Gasteiger partial charge in [0.2, 0.25) is 0 Å². The third-order valence-corrected chi connectivity index (χ3v) is 3.73. The highest BCUT2D eigenvalue weighted by molar-refractivity contribution is 5.61. The van der Waals surface area contributed by atoms with Gasteiger partial charge in [-0.25, -0.2) is 0 Å². The predicted molar refractivity (Wildman–Crippen MR) is 78.2 cm³/mol. The number of benzene rings is 1. The molecule has 1 aromatic carbocycles. The van der Waals surface area contributed by atoms with Crippen LogP contribution < -0.4 is 5.32 Å². The number of nitrogens with one attached hydrogen (secondary N) is 1. The van der Waals surface area contributed by atoms with Crippen LogP contribution in [0.5, 0.6) is 0 Å². The van der Waals surface area contributed by atoms with Gasteiger partial charge in [0.05, 0.1) is 22.2 Å². The van der Waals surface area contributed by atoms with E-state index in [1.54, 1.807) is 6.07 Å². The molecule has 0 saturated heterocycles. The van der Waals surface area contributed by atoms with Crippen LogP contribution in [-0.4, -0.2) is 19.7 Å². The second-order valence-corrected chi connectivity index (χ2v) is 5.19. The number of hydrogen-bond donors (Lipinski definition) is 1. The summed E-state index contributed by atoms with van der Waals surface area (Å²) in [5.41, 5.74) is 0.691. The number of aryl methyl sites for hydroxylation is 1. The molecule has 112 valence electrons. The minimum absolute atomic E-state index is 0.0990. The molecule has 0 unspecified atom stereocenters. The summed E-state index contributed by atoms with van der Waals surface area (Å²) in [5, 5.41) is 31.5. The first-order valence-electron chi connectivity index (χ1n) is 6.97. The lowest BCUT2D eigenvalue weighted by Crippen LogP contribution is -2.14. The maximum Gasteiger partial charge on any atom is 0.270 e. The highest BCUT2D eigenvalue weighted by atomic mass is 16.6. The lowest BCUT2D eigenvalue weighted by atomic mass is 10.1. The molecule has 1 N–H and O–H groups in total. The number of aromatic nitrogens is 3. The monoisotopic (exact) mass is 298 g/mol. The van der Waals surface area contributed by atoms with Gasteiger partial charge in [-0.3, -0.25) is 10.1 Å². The summed E-state index contributed by atoms with van der Waals surface area (Å²) in [4.78, 5) is 10.3. The number of non-ortho nitro benzene ring substituents is 1. The van der Waals surface area contributed by atoms with Crippen LogP contribution in [0.2, 0.25) is 0 Å². The van der Waals surface area contributed by atoms with E-state index >= 15 is 0 Å². The van der Waals surface area contributed by atoms with Crippen LogP contribution in [-0.2, 0) is 13.0 Å². The molecule has 1 atom stereocenters. The molecule has 2 heterocycles. The number of nitriles is 1. The standard InChI is InChI=1S/C14H14N6O2/c1-9(14-18-17-13-3-2-6-19(13)14)16-12-5-4-11(20(21)22)7-10(12)8-15/h4-5,7,9,16H,2-3,6H2,1H3/t9-/m1/s1. The molecule has 0 bridgehead atoms. The van der Waals surface area contributed by atoms with Gasteiger partial charge in [-0.2, -0.15) is 5.26 Å². The zero-order valence-corrected chi connectivity index (χ0v) is 12.0. The molecule has 1 aliphatic rings. The molecular weight excluding hydrogens is 284 g/mol. The van der Waals surface area contributed by atoms with E-state index in [4.69, 9.17) is 0 Å². The molecule has 2 aromatic rings. The smallest absolute Gasteiger partial charge is 0.270 e. The van der Waals surface area contributed by atoms with Gasteiger partial charge in [-0.05, 0) is 19.4 Å². The third-order valence-electron chi connectivity index (χ3n) is 3.73. The van der Waals surface area contributed by atoms with E-state index in [0.717, 1.165) is 31.0 Å². The van der Waals surface area contributed by atoms with Crippen molar-refractivity contribution in [2.75, 3.05) is 5.32 Å². The number of nitrogens with zero attached hydrogens (tertiary/aromatic N) is 5. The fraction of sp³-hybridized carbons (Fsp3) is 0.357. The van der Waals surface area contributed by atoms with Crippen LogP contribution in [0.4, 0.5) is 11.4 Å². The Labute approximate surface area is 126 Å². The Kier molecular flexibility index (Phi) is 3.47. The van der Waals surface area contributed by atoms with Crippen molar-refractivity contribution in [1.82, 2.24) is 14.8 Å². The van der Waals surface area contributed by atoms with Crippen molar-refractivity contribution in [3.63, 3.8) is 0 Å². The Morgan fingerprint density at radius 2 is 2.32 bits per heavy atom. The van der Waals surface area contributed by atoms with Crippen molar-refractivity contribution in [1.29, 1.82) is 5.26 Å². The van der Waals surface area contributed by atoms with Gasteiger partial charge in [0, 0.05) is 25.1 Å². The van der Waals surface area contributed by atoms with Crippen LogP contribution in [0.3, 0.4) is 0 Å². The molecule has 0 spiro atoms. The minimum Gasteiger partial charge on any atom is -0.374 e. The van der Waals surface area contributed by atoms with Crippen molar-refractivity contribution >= 4 is 11.4 Å². The van der Waals surface area contributed by atoms with Crippen LogP contribution >= 0.6 is 0 Å². The van der Waals surface area contributed by atoms with Crippen molar-refractivity contribution in [2.45, 2.75) is 32.4 Å². The molecule has 0 fully saturated rings. The Balaban J connectivity index is 1.86. The largest absolute Gasteiger partial charge is 0.374 e. The normalized spacial score (nSPS) is 14.2. The molecule has 1 aromatic heterocycles. The lowest BCUT2D eigenvalue weighted by molar-refractivity contribution is -0.384. The van der Waals surface area contributed by atoms with E-state index < -0.39 is 4.92 Å². The van der Waals surface area contributed by atoms with E-state index in [1.807, 2.05) is 13.0 Å². The first kappa shape index (κ1) is 14.0. The van der Waals surface area contributed by atoms with Crippen molar-refractivity contribution in [3.05, 3.63) is 45.5 Å². The lowest BCUT2D eigenvalue weighted by Gasteiger charge is -2.16. The number of nitro groups is 1. The van der Waals surface area contributed by atoms with Crippen molar-refractivity contribution < 1.29 is 4.92 Å². The highest BCUT2D eigenvalue weighted by Gasteiger charge is 2.22. The zero-order valence-electron chi connectivity index (χ0n) is 12.0. The number of anilines is 1.